The summed E-state index contributed by atoms with van der Waals surface area (Å²) < 4.78 is 10.5. The van der Waals surface area contributed by atoms with E-state index < -0.39 is 22.9 Å². The van der Waals surface area contributed by atoms with Gasteiger partial charge in [-0.3, -0.25) is 9.59 Å². The molecule has 1 atom stereocenters. The fourth-order valence-electron chi connectivity index (χ4n) is 4.33. The molecule has 1 unspecified atom stereocenters. The lowest BCUT2D eigenvalue weighted by molar-refractivity contribution is -0.115. The minimum Gasteiger partial charge on any atom is -0.465 e. The largest absolute Gasteiger partial charge is 0.465 e. The number of nitrogens with zero attached hydrogens (tertiary/aromatic N) is 1. The van der Waals surface area contributed by atoms with Crippen LogP contribution in [-0.2, 0) is 32.0 Å². The Balaban J connectivity index is 1.42. The van der Waals surface area contributed by atoms with E-state index in [1.165, 1.54) is 36.3 Å². The molecule has 4 rings (SSSR count). The molecular weight excluding hydrogens is 587 g/mol. The number of anilines is 2. The van der Waals surface area contributed by atoms with Crippen LogP contribution in [0.5, 0.6) is 0 Å². The van der Waals surface area contributed by atoms with E-state index in [-0.39, 0.29) is 18.4 Å². The van der Waals surface area contributed by atoms with E-state index in [1.54, 1.807) is 30.0 Å². The summed E-state index contributed by atoms with van der Waals surface area (Å²) in [5.41, 5.74) is 2.00. The number of carbonyl (C=O) groups excluding carboxylic acids is 4. The van der Waals surface area contributed by atoms with Crippen LogP contribution in [0.2, 0.25) is 0 Å². The molecular formula is C32H35N3O6S2. The van der Waals surface area contributed by atoms with Gasteiger partial charge in [0.05, 0.1) is 24.5 Å². The molecule has 0 aliphatic carbocycles. The van der Waals surface area contributed by atoms with E-state index in [0.717, 1.165) is 20.9 Å². The average Bonchev–Trinajstić information content (AvgIpc) is 3.32. The number of amides is 3. The lowest BCUT2D eigenvalue weighted by atomic mass is 10.0. The number of benzene rings is 2. The normalized spacial score (nSPS) is 13.7. The van der Waals surface area contributed by atoms with Crippen molar-refractivity contribution in [3.63, 3.8) is 0 Å². The van der Waals surface area contributed by atoms with Crippen molar-refractivity contribution in [1.82, 2.24) is 4.90 Å². The van der Waals surface area contributed by atoms with E-state index in [0.29, 0.717) is 29.2 Å². The minimum atomic E-state index is -0.624. The molecule has 1 aliphatic rings. The Bertz CT molecular complexity index is 1530. The zero-order valence-corrected chi connectivity index (χ0v) is 26.4. The molecule has 0 bridgehead atoms. The molecule has 1 aromatic heterocycles. The summed E-state index contributed by atoms with van der Waals surface area (Å²) >= 11 is 2.59. The minimum absolute atomic E-state index is 0.265. The number of hydrogen-bond donors (Lipinski definition) is 2. The van der Waals surface area contributed by atoms with Crippen molar-refractivity contribution in [1.29, 1.82) is 0 Å². The number of carbonyl (C=O) groups is 4. The van der Waals surface area contributed by atoms with E-state index >= 15 is 0 Å². The number of methoxy groups -OCH3 is 1. The van der Waals surface area contributed by atoms with Gasteiger partial charge in [-0.25, -0.2) is 9.59 Å². The topological polar surface area (TPSA) is 114 Å². The zero-order chi connectivity index (χ0) is 31.1. The summed E-state index contributed by atoms with van der Waals surface area (Å²) in [6.07, 6.45) is 3.22. The fraction of sp³-hybridized carbons (Fsp3) is 0.312. The highest BCUT2D eigenvalue weighted by Crippen LogP contribution is 2.38. The van der Waals surface area contributed by atoms with Crippen LogP contribution < -0.4 is 10.6 Å². The maximum atomic E-state index is 13.3. The van der Waals surface area contributed by atoms with Crippen molar-refractivity contribution < 1.29 is 28.7 Å². The van der Waals surface area contributed by atoms with Gasteiger partial charge in [0.25, 0.3) is 0 Å². The second-order valence-corrected chi connectivity index (χ2v) is 13.4. The SMILES string of the molecule is COC(=O)c1c(NC(=O)C(C)Sc2cccc(NC(=O)/C=C/c3ccccc3)c2)sc2c1CCN(C(=O)OC(C)(C)C)C2. The van der Waals surface area contributed by atoms with Crippen LogP contribution in [0.25, 0.3) is 6.08 Å². The number of fused-ring (bicyclic) bond motifs is 1. The summed E-state index contributed by atoms with van der Waals surface area (Å²) in [5.74, 6) is -1.10. The lowest BCUT2D eigenvalue weighted by Crippen LogP contribution is -2.39. The number of hydrogen-bond acceptors (Lipinski definition) is 8. The first-order valence-electron chi connectivity index (χ1n) is 13.8. The van der Waals surface area contributed by atoms with Gasteiger partial charge in [0.15, 0.2) is 0 Å². The van der Waals surface area contributed by atoms with E-state index in [4.69, 9.17) is 9.47 Å². The third-order valence-electron chi connectivity index (χ3n) is 6.35. The Morgan fingerprint density at radius 1 is 1.05 bits per heavy atom. The van der Waals surface area contributed by atoms with Crippen molar-refractivity contribution in [3.05, 3.63) is 82.2 Å². The molecule has 3 amide bonds. The predicted molar refractivity (Wildman–Crippen MR) is 171 cm³/mol. The van der Waals surface area contributed by atoms with Crippen LogP contribution in [0, 0.1) is 0 Å². The molecule has 0 fully saturated rings. The number of ether oxygens (including phenoxy) is 2. The standard InChI is InChI=1S/C32H35N3O6S2/c1-20(42-23-13-9-12-22(18-23)33-26(36)15-14-21-10-7-6-8-11-21)28(37)34-29-27(30(38)40-5)24-16-17-35(19-25(24)43-29)31(39)41-32(2,3)4/h6-15,18,20H,16-17,19H2,1-5H3,(H,33,36)(H,34,37)/b15-14+. The van der Waals surface area contributed by atoms with E-state index in [9.17, 15) is 19.2 Å². The Morgan fingerprint density at radius 2 is 1.79 bits per heavy atom. The molecule has 9 nitrogen and oxygen atoms in total. The Morgan fingerprint density at radius 3 is 2.49 bits per heavy atom. The Hall–Kier alpha value is -4.09. The van der Waals surface area contributed by atoms with Crippen LogP contribution in [0.1, 0.15) is 54.1 Å². The Labute approximate surface area is 259 Å². The molecule has 0 saturated heterocycles. The van der Waals surface area contributed by atoms with Gasteiger partial charge in [-0.2, -0.15) is 0 Å². The maximum Gasteiger partial charge on any atom is 0.410 e. The first-order valence-corrected chi connectivity index (χ1v) is 15.5. The second kappa shape index (κ2) is 13.9. The van der Waals surface area contributed by atoms with Gasteiger partial charge >= 0.3 is 12.1 Å². The van der Waals surface area contributed by atoms with Gasteiger partial charge in [-0.15, -0.1) is 23.1 Å². The molecule has 2 aromatic carbocycles. The first kappa shape index (κ1) is 31.8. The van der Waals surface area contributed by atoms with Crippen molar-refractivity contribution in [2.45, 2.75) is 56.4 Å². The number of rotatable bonds is 8. The number of nitrogens with one attached hydrogen (secondary N) is 2. The summed E-state index contributed by atoms with van der Waals surface area (Å²) in [7, 11) is 1.30. The highest BCUT2D eigenvalue weighted by Gasteiger charge is 2.33. The van der Waals surface area contributed by atoms with Crippen LogP contribution >= 0.6 is 23.1 Å². The number of esters is 1. The molecule has 43 heavy (non-hydrogen) atoms. The van der Waals surface area contributed by atoms with Crippen molar-refractivity contribution >= 4 is 63.7 Å². The summed E-state index contributed by atoms with van der Waals surface area (Å²) in [4.78, 5) is 54.3. The van der Waals surface area contributed by atoms with E-state index in [1.807, 2.05) is 63.2 Å². The van der Waals surface area contributed by atoms with Crippen molar-refractivity contribution in [2.24, 2.45) is 0 Å². The molecule has 3 aromatic rings. The van der Waals surface area contributed by atoms with Crippen LogP contribution in [0.15, 0.2) is 65.6 Å². The molecule has 2 heterocycles. The van der Waals surface area contributed by atoms with Gasteiger partial charge in [0, 0.05) is 28.1 Å². The second-order valence-electron chi connectivity index (χ2n) is 10.9. The molecule has 0 spiro atoms. The van der Waals surface area contributed by atoms with Gasteiger partial charge < -0.3 is 25.0 Å². The van der Waals surface area contributed by atoms with Gasteiger partial charge in [0.1, 0.15) is 10.6 Å². The van der Waals surface area contributed by atoms with E-state index in [2.05, 4.69) is 10.6 Å². The van der Waals surface area contributed by atoms with Crippen molar-refractivity contribution in [2.75, 3.05) is 24.3 Å². The quantitative estimate of drug-likeness (QED) is 0.166. The molecule has 11 heteroatoms. The molecule has 1 aliphatic heterocycles. The maximum absolute atomic E-state index is 13.3. The highest BCUT2D eigenvalue weighted by molar-refractivity contribution is 8.00. The third kappa shape index (κ3) is 8.71. The average molecular weight is 622 g/mol. The van der Waals surface area contributed by atoms with Gasteiger partial charge in [-0.05, 0) is 69.5 Å². The number of thiophene rings is 1. The molecule has 226 valence electrons. The highest BCUT2D eigenvalue weighted by atomic mass is 32.2. The van der Waals surface area contributed by atoms with Gasteiger partial charge in [0.2, 0.25) is 11.8 Å². The van der Waals surface area contributed by atoms with Crippen LogP contribution in [0.3, 0.4) is 0 Å². The zero-order valence-electron chi connectivity index (χ0n) is 24.8. The van der Waals surface area contributed by atoms with Crippen molar-refractivity contribution in [3.8, 4) is 0 Å². The molecule has 0 radical (unpaired) electrons. The molecule has 2 N–H and O–H groups in total. The Kier molecular flexibility index (Phi) is 10.3. The van der Waals surface area contributed by atoms with Crippen LogP contribution in [0.4, 0.5) is 15.5 Å². The van der Waals surface area contributed by atoms with Crippen LogP contribution in [-0.4, -0.2) is 53.3 Å². The predicted octanol–water partition coefficient (Wildman–Crippen LogP) is 6.60. The summed E-state index contributed by atoms with van der Waals surface area (Å²) in [6.45, 7) is 7.86. The lowest BCUT2D eigenvalue weighted by Gasteiger charge is -2.30. The monoisotopic (exact) mass is 621 g/mol. The van der Waals surface area contributed by atoms with Gasteiger partial charge in [-0.1, -0.05) is 36.4 Å². The fourth-order valence-corrected chi connectivity index (χ4v) is 6.51. The first-order chi connectivity index (χ1) is 20.4. The summed E-state index contributed by atoms with van der Waals surface area (Å²) in [5, 5.41) is 5.63. The third-order valence-corrected chi connectivity index (χ3v) is 8.57. The number of thioether (sulfide) groups is 1. The summed E-state index contributed by atoms with van der Waals surface area (Å²) in [6, 6.07) is 16.8. The smallest absolute Gasteiger partial charge is 0.410 e. The molecule has 0 saturated carbocycles.